The Morgan fingerprint density at radius 2 is 2.06 bits per heavy atom. The van der Waals surface area contributed by atoms with E-state index in [0.717, 1.165) is 13.1 Å². The van der Waals surface area contributed by atoms with E-state index in [0.29, 0.717) is 30.9 Å². The van der Waals surface area contributed by atoms with E-state index in [-0.39, 0.29) is 24.4 Å². The molecule has 0 radical (unpaired) electrons. The zero-order valence-electron chi connectivity index (χ0n) is 9.86. The average Bonchev–Trinajstić information content (AvgIpc) is 2.62. The summed E-state index contributed by atoms with van der Waals surface area (Å²) in [5, 5.41) is 6.38. The molecule has 2 aliphatic rings. The zero-order chi connectivity index (χ0) is 10.8. The Kier molecular flexibility index (Phi) is 5.02. The first-order chi connectivity index (χ1) is 7.18. The van der Waals surface area contributed by atoms with Crippen LogP contribution in [0.25, 0.3) is 0 Å². The second-order valence-corrected chi connectivity index (χ2v) is 4.75. The Labute approximate surface area is 103 Å². The Bertz CT molecular complexity index is 238. The molecule has 2 unspecified atom stereocenters. The highest BCUT2D eigenvalue weighted by atomic mass is 35.5. The van der Waals surface area contributed by atoms with Gasteiger partial charge in [-0.25, -0.2) is 0 Å². The fraction of sp³-hybridized carbons (Fsp3) is 0.909. The quantitative estimate of drug-likeness (QED) is 0.748. The van der Waals surface area contributed by atoms with Crippen molar-refractivity contribution in [2.45, 2.75) is 32.4 Å². The standard InChI is InChI=1S/C11H20N2O2.ClH/c1-7(2)15-4-3-10(14)13-11-8-5-12-6-9(8)11;/h7-9,11-12H,3-6H2,1-2H3,(H,13,14);1H. The van der Waals surface area contributed by atoms with Crippen molar-refractivity contribution in [3.8, 4) is 0 Å². The third-order valence-corrected chi connectivity index (χ3v) is 3.20. The summed E-state index contributed by atoms with van der Waals surface area (Å²) in [5.41, 5.74) is 0. The molecule has 4 nitrogen and oxygen atoms in total. The van der Waals surface area contributed by atoms with Gasteiger partial charge in [-0.2, -0.15) is 0 Å². The summed E-state index contributed by atoms with van der Waals surface area (Å²) >= 11 is 0. The van der Waals surface area contributed by atoms with Gasteiger partial charge in [-0.1, -0.05) is 0 Å². The van der Waals surface area contributed by atoms with Crippen LogP contribution in [0.2, 0.25) is 0 Å². The second kappa shape index (κ2) is 5.84. The zero-order valence-corrected chi connectivity index (χ0v) is 10.7. The van der Waals surface area contributed by atoms with Gasteiger partial charge >= 0.3 is 0 Å². The molecule has 0 spiro atoms. The summed E-state index contributed by atoms with van der Waals surface area (Å²) in [5.74, 6) is 1.52. The largest absolute Gasteiger partial charge is 0.378 e. The maximum atomic E-state index is 11.5. The van der Waals surface area contributed by atoms with E-state index in [2.05, 4.69) is 10.6 Å². The van der Waals surface area contributed by atoms with Gasteiger partial charge in [0, 0.05) is 25.6 Å². The molecular weight excluding hydrogens is 228 g/mol. The van der Waals surface area contributed by atoms with Gasteiger partial charge in [-0.15, -0.1) is 12.4 Å². The van der Waals surface area contributed by atoms with Crippen LogP contribution in [-0.2, 0) is 9.53 Å². The number of hydrogen-bond donors (Lipinski definition) is 2. The van der Waals surface area contributed by atoms with Crippen molar-refractivity contribution in [2.75, 3.05) is 19.7 Å². The van der Waals surface area contributed by atoms with E-state index in [9.17, 15) is 4.79 Å². The first-order valence-corrected chi connectivity index (χ1v) is 5.80. The number of halogens is 1. The minimum atomic E-state index is 0. The minimum Gasteiger partial charge on any atom is -0.378 e. The van der Waals surface area contributed by atoms with Gasteiger partial charge in [-0.3, -0.25) is 4.79 Å². The fourth-order valence-corrected chi connectivity index (χ4v) is 2.28. The number of hydrogen-bond acceptors (Lipinski definition) is 3. The molecule has 2 N–H and O–H groups in total. The number of nitrogens with one attached hydrogen (secondary N) is 2. The topological polar surface area (TPSA) is 50.4 Å². The molecule has 2 atom stereocenters. The number of piperidine rings is 1. The second-order valence-electron chi connectivity index (χ2n) is 4.75. The van der Waals surface area contributed by atoms with Crippen LogP contribution in [0.3, 0.4) is 0 Å². The predicted molar refractivity (Wildman–Crippen MR) is 64.7 cm³/mol. The van der Waals surface area contributed by atoms with Gasteiger partial charge in [-0.05, 0) is 25.7 Å². The smallest absolute Gasteiger partial charge is 0.222 e. The molecule has 2 rings (SSSR count). The monoisotopic (exact) mass is 248 g/mol. The molecule has 1 saturated carbocycles. The molecule has 94 valence electrons. The molecule has 1 aliphatic carbocycles. The van der Waals surface area contributed by atoms with Crippen molar-refractivity contribution in [2.24, 2.45) is 11.8 Å². The van der Waals surface area contributed by atoms with Gasteiger partial charge in [0.15, 0.2) is 0 Å². The number of ether oxygens (including phenoxy) is 1. The molecule has 1 aliphatic heterocycles. The summed E-state index contributed by atoms with van der Waals surface area (Å²) in [4.78, 5) is 11.5. The molecule has 0 aromatic heterocycles. The van der Waals surface area contributed by atoms with Crippen LogP contribution in [0.15, 0.2) is 0 Å². The number of amides is 1. The van der Waals surface area contributed by atoms with Crippen molar-refractivity contribution < 1.29 is 9.53 Å². The SMILES string of the molecule is CC(C)OCCC(=O)NC1C2CNCC21.Cl. The van der Waals surface area contributed by atoms with Crippen LogP contribution >= 0.6 is 12.4 Å². The maximum Gasteiger partial charge on any atom is 0.222 e. The minimum absolute atomic E-state index is 0. The number of rotatable bonds is 5. The van der Waals surface area contributed by atoms with Crippen LogP contribution in [0.4, 0.5) is 0 Å². The lowest BCUT2D eigenvalue weighted by molar-refractivity contribution is -0.122. The lowest BCUT2D eigenvalue weighted by Gasteiger charge is -2.09. The summed E-state index contributed by atoms with van der Waals surface area (Å²) in [7, 11) is 0. The van der Waals surface area contributed by atoms with E-state index < -0.39 is 0 Å². The van der Waals surface area contributed by atoms with E-state index in [1.807, 2.05) is 13.8 Å². The highest BCUT2D eigenvalue weighted by Crippen LogP contribution is 2.41. The molecule has 0 aromatic carbocycles. The summed E-state index contributed by atoms with van der Waals surface area (Å²) < 4.78 is 5.34. The fourth-order valence-electron chi connectivity index (χ4n) is 2.28. The molecular formula is C11H21ClN2O2. The maximum absolute atomic E-state index is 11.5. The number of carbonyl (C=O) groups is 1. The van der Waals surface area contributed by atoms with Crippen molar-refractivity contribution in [1.29, 1.82) is 0 Å². The summed E-state index contributed by atoms with van der Waals surface area (Å²) in [6.07, 6.45) is 0.698. The van der Waals surface area contributed by atoms with Gasteiger partial charge in [0.05, 0.1) is 12.7 Å². The van der Waals surface area contributed by atoms with Crippen LogP contribution in [-0.4, -0.2) is 37.7 Å². The highest BCUT2D eigenvalue weighted by molar-refractivity contribution is 5.85. The van der Waals surface area contributed by atoms with E-state index in [1.54, 1.807) is 0 Å². The third kappa shape index (κ3) is 3.34. The molecule has 0 aromatic rings. The molecule has 0 bridgehead atoms. The lowest BCUT2D eigenvalue weighted by atomic mass is 10.3. The highest BCUT2D eigenvalue weighted by Gasteiger charge is 2.53. The van der Waals surface area contributed by atoms with E-state index in [4.69, 9.17) is 4.74 Å². The van der Waals surface area contributed by atoms with Crippen molar-refractivity contribution in [1.82, 2.24) is 10.6 Å². The van der Waals surface area contributed by atoms with Crippen molar-refractivity contribution in [3.05, 3.63) is 0 Å². The van der Waals surface area contributed by atoms with Crippen LogP contribution in [0.1, 0.15) is 20.3 Å². The van der Waals surface area contributed by atoms with Gasteiger partial charge in [0.25, 0.3) is 0 Å². The van der Waals surface area contributed by atoms with Crippen LogP contribution in [0.5, 0.6) is 0 Å². The van der Waals surface area contributed by atoms with Crippen LogP contribution in [0, 0.1) is 11.8 Å². The lowest BCUT2D eigenvalue weighted by Crippen LogP contribution is -2.33. The van der Waals surface area contributed by atoms with E-state index >= 15 is 0 Å². The Balaban J connectivity index is 0.00000128. The average molecular weight is 249 g/mol. The normalized spacial score (nSPS) is 30.8. The Morgan fingerprint density at radius 3 is 2.62 bits per heavy atom. The molecule has 1 heterocycles. The number of carbonyl (C=O) groups excluding carboxylic acids is 1. The van der Waals surface area contributed by atoms with Crippen LogP contribution < -0.4 is 10.6 Å². The molecule has 2 fully saturated rings. The van der Waals surface area contributed by atoms with Gasteiger partial charge in [0.2, 0.25) is 5.91 Å². The van der Waals surface area contributed by atoms with E-state index in [1.165, 1.54) is 0 Å². The molecule has 1 saturated heterocycles. The third-order valence-electron chi connectivity index (χ3n) is 3.20. The molecule has 5 heteroatoms. The Morgan fingerprint density at radius 1 is 1.44 bits per heavy atom. The summed E-state index contributed by atoms with van der Waals surface area (Å²) in [6, 6.07) is 0.442. The Hall–Kier alpha value is -0.320. The van der Waals surface area contributed by atoms with Gasteiger partial charge in [0.1, 0.15) is 0 Å². The molecule has 16 heavy (non-hydrogen) atoms. The predicted octanol–water partition coefficient (Wildman–Crippen LogP) is 0.557. The van der Waals surface area contributed by atoms with Crippen molar-refractivity contribution in [3.63, 3.8) is 0 Å². The summed E-state index contributed by atoms with van der Waals surface area (Å²) in [6.45, 7) is 6.63. The first-order valence-electron chi connectivity index (χ1n) is 5.80. The van der Waals surface area contributed by atoms with Crippen molar-refractivity contribution >= 4 is 18.3 Å². The molecule has 1 amide bonds. The first kappa shape index (κ1) is 13.7. The number of fused-ring (bicyclic) bond motifs is 1. The van der Waals surface area contributed by atoms with Gasteiger partial charge < -0.3 is 15.4 Å².